The average Bonchev–Trinajstić information content (AvgIpc) is 2.67. The minimum absolute atomic E-state index is 0. The Kier molecular flexibility index (Phi) is 23.1. The summed E-state index contributed by atoms with van der Waals surface area (Å²) in [6.45, 7) is 4.68. The van der Waals surface area contributed by atoms with Crippen molar-refractivity contribution in [3.05, 3.63) is 0 Å². The molecule has 31 heavy (non-hydrogen) atoms. The smallest absolute Gasteiger partial charge is 0.542 e. The van der Waals surface area contributed by atoms with E-state index in [1.54, 1.807) is 20.8 Å². The molecule has 0 aromatic heterocycles. The van der Waals surface area contributed by atoms with Gasteiger partial charge in [-0.05, 0) is 0 Å². The summed E-state index contributed by atoms with van der Waals surface area (Å²) in [4.78, 5) is 91.1. The van der Waals surface area contributed by atoms with Crippen LogP contribution in [0.15, 0.2) is 0 Å². The summed E-state index contributed by atoms with van der Waals surface area (Å²) in [5.41, 5.74) is 0. The van der Waals surface area contributed by atoms with Crippen molar-refractivity contribution >= 4 is 52.6 Å². The van der Waals surface area contributed by atoms with Gasteiger partial charge < -0.3 is 29.7 Å². The summed E-state index contributed by atoms with van der Waals surface area (Å²) in [6, 6.07) is 0. The van der Waals surface area contributed by atoms with E-state index in [1.807, 2.05) is 0 Å². The topological polar surface area (TPSA) is 223 Å². The molecule has 0 N–H and O–H groups in total. The van der Waals surface area contributed by atoms with Gasteiger partial charge in [0.25, 0.3) is 0 Å². The van der Waals surface area contributed by atoms with Crippen LogP contribution in [0, 0.1) is 0 Å². The molecule has 0 aromatic carbocycles. The first kappa shape index (κ1) is 35.4. The van der Waals surface area contributed by atoms with Crippen LogP contribution in [0.3, 0.4) is 0 Å². The SMILES string of the molecule is CCC(=O)CC(=O)C(=O)[O-].CCC(=O)CC(=O)C(=O)[O-].CCC(=O)CC(=O)C(=O)[O-].[Fe+3]. The molecule has 0 amide bonds. The van der Waals surface area contributed by atoms with E-state index in [1.165, 1.54) is 0 Å². The molecule has 12 nitrogen and oxygen atoms in total. The van der Waals surface area contributed by atoms with Gasteiger partial charge in [-0.3, -0.25) is 28.8 Å². The minimum Gasteiger partial charge on any atom is -0.542 e. The van der Waals surface area contributed by atoms with E-state index in [9.17, 15) is 58.5 Å². The quantitative estimate of drug-likeness (QED) is 0.147. The van der Waals surface area contributed by atoms with Crippen LogP contribution in [0.5, 0.6) is 0 Å². The number of carboxylic acid groups (broad SMARTS) is 3. The standard InChI is InChI=1S/3C6H8O4.Fe/c3*1-2-4(7)3-5(8)6(9)10;/h3*2-3H2,1H3,(H,9,10);/q;;;+3/p-3. The van der Waals surface area contributed by atoms with Crippen molar-refractivity contribution in [3.63, 3.8) is 0 Å². The summed E-state index contributed by atoms with van der Waals surface area (Å²) in [5, 5.41) is 29.2. The Morgan fingerprint density at radius 2 is 0.613 bits per heavy atom. The molecule has 0 fully saturated rings. The third kappa shape index (κ3) is 23.1. The fourth-order valence-corrected chi connectivity index (χ4v) is 1.13. The number of ketones is 6. The molecule has 0 aromatic rings. The van der Waals surface area contributed by atoms with Crippen LogP contribution < -0.4 is 15.3 Å². The largest absolute Gasteiger partial charge is 3.00 e. The van der Waals surface area contributed by atoms with E-state index in [4.69, 9.17) is 0 Å². The Labute approximate surface area is 187 Å². The third-order valence-corrected chi connectivity index (χ3v) is 2.94. The van der Waals surface area contributed by atoms with Crippen molar-refractivity contribution in [1.29, 1.82) is 0 Å². The molecule has 0 aliphatic rings. The average molecular weight is 485 g/mol. The van der Waals surface area contributed by atoms with E-state index in [0.717, 1.165) is 0 Å². The summed E-state index contributed by atoms with van der Waals surface area (Å²) in [6.07, 6.45) is -1.09. The monoisotopic (exact) mass is 485 g/mol. The van der Waals surface area contributed by atoms with Crippen LogP contribution in [-0.4, -0.2) is 52.6 Å². The van der Waals surface area contributed by atoms with Crippen LogP contribution in [0.4, 0.5) is 0 Å². The zero-order valence-corrected chi connectivity index (χ0v) is 18.1. The Hall–Kier alpha value is -3.05. The zero-order chi connectivity index (χ0) is 24.4. The van der Waals surface area contributed by atoms with Crippen LogP contribution in [-0.2, 0) is 60.2 Å². The Morgan fingerprint density at radius 1 is 0.452 bits per heavy atom. The van der Waals surface area contributed by atoms with Gasteiger partial charge in [0.05, 0.1) is 19.3 Å². The van der Waals surface area contributed by atoms with Crippen LogP contribution in [0.2, 0.25) is 0 Å². The molecule has 0 heterocycles. The molecule has 0 saturated heterocycles. The molecule has 1 radical (unpaired) electrons. The first-order chi connectivity index (χ1) is 13.7. The van der Waals surface area contributed by atoms with Gasteiger partial charge in [-0.25, -0.2) is 0 Å². The first-order valence-electron chi connectivity index (χ1n) is 8.50. The molecule has 0 aliphatic carbocycles. The number of carbonyl (C=O) groups is 9. The number of rotatable bonds is 12. The number of aliphatic carboxylic acids is 3. The number of Topliss-reactive ketones (excluding diaryl/α,β-unsaturated/α-hetero) is 6. The van der Waals surface area contributed by atoms with Gasteiger partial charge >= 0.3 is 17.1 Å². The van der Waals surface area contributed by atoms with Gasteiger partial charge in [0, 0.05) is 19.3 Å². The summed E-state index contributed by atoms with van der Waals surface area (Å²) >= 11 is 0. The molecular formula is C18H21FeO12. The summed E-state index contributed by atoms with van der Waals surface area (Å²) < 4.78 is 0. The molecular weight excluding hydrogens is 464 g/mol. The van der Waals surface area contributed by atoms with Crippen LogP contribution in [0.25, 0.3) is 0 Å². The molecule has 0 atom stereocenters. The van der Waals surface area contributed by atoms with Gasteiger partial charge in [-0.2, -0.15) is 0 Å². The van der Waals surface area contributed by atoms with Crippen molar-refractivity contribution in [3.8, 4) is 0 Å². The third-order valence-electron chi connectivity index (χ3n) is 2.94. The van der Waals surface area contributed by atoms with Crippen molar-refractivity contribution in [2.45, 2.75) is 59.3 Å². The second-order valence-corrected chi connectivity index (χ2v) is 5.34. The molecule has 0 spiro atoms. The van der Waals surface area contributed by atoms with Gasteiger partial charge in [0.1, 0.15) is 35.3 Å². The number of carboxylic acids is 3. The van der Waals surface area contributed by atoms with E-state index in [2.05, 4.69) is 0 Å². The maximum Gasteiger partial charge on any atom is 3.00 e. The predicted molar refractivity (Wildman–Crippen MR) is 89.8 cm³/mol. The maximum atomic E-state index is 10.4. The van der Waals surface area contributed by atoms with Crippen LogP contribution >= 0.6 is 0 Å². The van der Waals surface area contributed by atoms with Crippen molar-refractivity contribution in [2.75, 3.05) is 0 Å². The fourth-order valence-electron chi connectivity index (χ4n) is 1.13. The molecule has 0 unspecified atom stereocenters. The predicted octanol–water partition coefficient (Wildman–Crippen LogP) is -3.98. The number of carbonyl (C=O) groups excluding carboxylic acids is 9. The van der Waals surface area contributed by atoms with E-state index in [0.29, 0.717) is 0 Å². The van der Waals surface area contributed by atoms with Crippen molar-refractivity contribution in [1.82, 2.24) is 0 Å². The van der Waals surface area contributed by atoms with E-state index >= 15 is 0 Å². The Morgan fingerprint density at radius 3 is 0.710 bits per heavy atom. The van der Waals surface area contributed by atoms with Gasteiger partial charge in [0.15, 0.2) is 17.3 Å². The van der Waals surface area contributed by atoms with Crippen molar-refractivity contribution < 1.29 is 75.5 Å². The molecule has 13 heteroatoms. The van der Waals surface area contributed by atoms with E-state index < -0.39 is 54.5 Å². The molecule has 0 rings (SSSR count). The Balaban J connectivity index is -0.000000174. The fraction of sp³-hybridized carbons (Fsp3) is 0.500. The minimum atomic E-state index is -1.79. The second-order valence-electron chi connectivity index (χ2n) is 5.34. The van der Waals surface area contributed by atoms with Gasteiger partial charge in [-0.1, -0.05) is 20.8 Å². The zero-order valence-electron chi connectivity index (χ0n) is 17.0. The Bertz CT molecular complexity index is 613. The van der Waals surface area contributed by atoms with Crippen LogP contribution in [0.1, 0.15) is 59.3 Å². The van der Waals surface area contributed by atoms with Gasteiger partial charge in [-0.15, -0.1) is 0 Å². The molecule has 0 aliphatic heterocycles. The van der Waals surface area contributed by atoms with Gasteiger partial charge in [0.2, 0.25) is 0 Å². The molecule has 0 bridgehead atoms. The first-order valence-corrected chi connectivity index (χ1v) is 8.50. The summed E-state index contributed by atoms with van der Waals surface area (Å²) in [5.74, 6) is -9.95. The maximum absolute atomic E-state index is 10.4. The second kappa shape index (κ2) is 20.2. The molecule has 173 valence electrons. The van der Waals surface area contributed by atoms with Crippen molar-refractivity contribution in [2.24, 2.45) is 0 Å². The number of hydrogen-bond donors (Lipinski definition) is 0. The normalized spacial score (nSPS) is 8.61. The summed E-state index contributed by atoms with van der Waals surface area (Å²) in [7, 11) is 0. The van der Waals surface area contributed by atoms with E-state index in [-0.39, 0.29) is 53.7 Å². The molecule has 0 saturated carbocycles. The number of hydrogen-bond acceptors (Lipinski definition) is 12.